The molecule has 6 aromatic carbocycles. The van der Waals surface area contributed by atoms with Crippen molar-refractivity contribution in [2.24, 2.45) is 0 Å². The summed E-state index contributed by atoms with van der Waals surface area (Å²) in [6.07, 6.45) is 4.71. The fourth-order valence-corrected chi connectivity index (χ4v) is 12.1. The summed E-state index contributed by atoms with van der Waals surface area (Å²) in [6.45, 7) is 31.0. The number of rotatable bonds is 3. The van der Waals surface area contributed by atoms with Gasteiger partial charge in [-0.3, -0.25) is 0 Å². The molecule has 0 atom stereocenters. The molecule has 0 fully saturated rings. The Morgan fingerprint density at radius 2 is 1.14 bits per heavy atom. The molecule has 2 aliphatic carbocycles. The predicted molar refractivity (Wildman–Crippen MR) is 274 cm³/mol. The molecule has 4 heteroatoms. The third-order valence-corrected chi connectivity index (χ3v) is 16.3. The van der Waals surface area contributed by atoms with Crippen LogP contribution in [0.4, 0.5) is 34.1 Å². The van der Waals surface area contributed by atoms with Gasteiger partial charge in [-0.25, -0.2) is 0 Å². The lowest BCUT2D eigenvalue weighted by molar-refractivity contribution is 0.332. The SMILES string of the molecule is Cc1cc2c3c(c1)N(c1ccc4c(c1)C(C)(C)CCC4(C)C)c1c(oc4ccc(C(C)(C)C)cc14)B3c1ccc(-c3ccccc3)cc1N2c1cc2c(cc1C)C(C)(C)CCC2(C)C. The number of aryl methyl sites for hydroxylation is 2. The molecule has 0 N–H and O–H groups in total. The van der Waals surface area contributed by atoms with Crippen LogP contribution in [0.1, 0.15) is 141 Å². The fourth-order valence-electron chi connectivity index (χ4n) is 12.1. The number of fused-ring (bicyclic) bond motifs is 8. The summed E-state index contributed by atoms with van der Waals surface area (Å²) in [4.78, 5) is 5.24. The van der Waals surface area contributed by atoms with E-state index in [0.29, 0.717) is 0 Å². The lowest BCUT2D eigenvalue weighted by Crippen LogP contribution is -2.61. The number of furan rings is 1. The molecule has 0 radical (unpaired) electrons. The molecule has 3 nitrogen and oxygen atoms in total. The van der Waals surface area contributed by atoms with Crippen LogP contribution in [0.2, 0.25) is 0 Å². The van der Waals surface area contributed by atoms with Crippen LogP contribution in [0.15, 0.2) is 114 Å². The molecule has 3 heterocycles. The van der Waals surface area contributed by atoms with Crippen molar-refractivity contribution in [2.45, 2.75) is 143 Å². The van der Waals surface area contributed by atoms with Gasteiger partial charge in [0.2, 0.25) is 0 Å². The maximum atomic E-state index is 7.38. The van der Waals surface area contributed by atoms with Crippen molar-refractivity contribution in [3.63, 3.8) is 0 Å². The summed E-state index contributed by atoms with van der Waals surface area (Å²) in [5.41, 5.74) is 24.4. The van der Waals surface area contributed by atoms with E-state index < -0.39 is 0 Å². The second-order valence-electron chi connectivity index (χ2n) is 23.7. The first kappa shape index (κ1) is 41.2. The van der Waals surface area contributed by atoms with Crippen molar-refractivity contribution in [2.75, 3.05) is 9.80 Å². The van der Waals surface area contributed by atoms with Crippen LogP contribution in [0, 0.1) is 13.8 Å². The number of nitrogens with zero attached hydrogens (tertiary/aromatic N) is 2. The third-order valence-electron chi connectivity index (χ3n) is 16.3. The predicted octanol–water partition coefficient (Wildman–Crippen LogP) is 14.8. The second kappa shape index (κ2) is 13.5. The van der Waals surface area contributed by atoms with Crippen LogP contribution in [-0.2, 0) is 27.1 Å². The summed E-state index contributed by atoms with van der Waals surface area (Å²) in [6, 6.07) is 42.5. The highest BCUT2D eigenvalue weighted by atomic mass is 16.3. The molecule has 0 spiro atoms. The summed E-state index contributed by atoms with van der Waals surface area (Å²) < 4.78 is 7.38. The first-order valence-electron chi connectivity index (χ1n) is 24.0. The quantitative estimate of drug-likeness (QED) is 0.165. The Hall–Kier alpha value is -5.48. The van der Waals surface area contributed by atoms with Gasteiger partial charge in [-0.05, 0) is 176 Å². The minimum absolute atomic E-state index is 0.0246. The Labute approximate surface area is 383 Å². The third kappa shape index (κ3) is 6.06. The van der Waals surface area contributed by atoms with E-state index in [1.54, 1.807) is 0 Å². The first-order valence-corrected chi connectivity index (χ1v) is 24.0. The normalized spacial score (nSPS) is 18.5. The minimum atomic E-state index is -0.111. The molecule has 11 rings (SSSR count). The number of hydrogen-bond acceptors (Lipinski definition) is 3. The Bertz CT molecular complexity index is 3080. The highest BCUT2D eigenvalue weighted by Gasteiger charge is 2.48. The molecule has 0 unspecified atom stereocenters. The maximum Gasteiger partial charge on any atom is 0.297 e. The van der Waals surface area contributed by atoms with Gasteiger partial charge >= 0.3 is 0 Å². The standard InChI is InChI=1S/C60H65BN2O/c1-36-29-50-53-51(30-36)63(48-35-46-44(31-37(48)2)58(8,9)27-28-60(46,12)13)49-32-39(38-17-15-14-16-18-38)19-23-47(49)61(53)55-54(42-33-40(56(3,4)5)20-24-52(42)64-55)62(50)41-21-22-43-45(34-41)59(10,11)26-25-57(43,6)7/h14-24,29-35H,25-28H2,1-13H3. The van der Waals surface area contributed by atoms with Gasteiger partial charge in [-0.1, -0.05) is 137 Å². The lowest BCUT2D eigenvalue weighted by Gasteiger charge is -2.46. The Balaban J connectivity index is 1.25. The number of anilines is 6. The van der Waals surface area contributed by atoms with Crippen LogP contribution >= 0.6 is 0 Å². The van der Waals surface area contributed by atoms with Gasteiger partial charge in [0.05, 0.1) is 11.3 Å². The van der Waals surface area contributed by atoms with Crippen LogP contribution in [0.3, 0.4) is 0 Å². The average molecular weight is 841 g/mol. The van der Waals surface area contributed by atoms with E-state index in [2.05, 4.69) is 209 Å². The first-order chi connectivity index (χ1) is 30.1. The highest BCUT2D eigenvalue weighted by molar-refractivity contribution is 7.00. The van der Waals surface area contributed by atoms with Gasteiger partial charge in [0.1, 0.15) is 5.58 Å². The maximum absolute atomic E-state index is 7.38. The summed E-state index contributed by atoms with van der Waals surface area (Å²) in [5.74, 6) is 0. The van der Waals surface area contributed by atoms with E-state index in [4.69, 9.17) is 4.42 Å². The van der Waals surface area contributed by atoms with Crippen molar-refractivity contribution < 1.29 is 4.42 Å². The summed E-state index contributed by atoms with van der Waals surface area (Å²) in [5, 5.41) is 1.17. The zero-order chi connectivity index (χ0) is 45.0. The monoisotopic (exact) mass is 841 g/mol. The zero-order valence-electron chi connectivity index (χ0n) is 40.6. The molecule has 0 saturated carbocycles. The van der Waals surface area contributed by atoms with Gasteiger partial charge in [0.25, 0.3) is 6.71 Å². The van der Waals surface area contributed by atoms with Crippen molar-refractivity contribution in [3.8, 4) is 11.1 Å². The Morgan fingerprint density at radius 3 is 1.80 bits per heavy atom. The average Bonchev–Trinajstić information content (AvgIpc) is 3.62. The molecule has 1 aromatic heterocycles. The van der Waals surface area contributed by atoms with Crippen LogP contribution < -0.4 is 26.4 Å². The molecule has 7 aromatic rings. The molecule has 324 valence electrons. The van der Waals surface area contributed by atoms with Crippen molar-refractivity contribution >= 4 is 68.4 Å². The van der Waals surface area contributed by atoms with Gasteiger partial charge in [0, 0.05) is 33.8 Å². The topological polar surface area (TPSA) is 19.6 Å². The Kier molecular flexibility index (Phi) is 8.72. The second-order valence-corrected chi connectivity index (χ2v) is 23.7. The molecule has 0 bridgehead atoms. The van der Waals surface area contributed by atoms with Crippen molar-refractivity contribution in [1.29, 1.82) is 0 Å². The van der Waals surface area contributed by atoms with E-state index >= 15 is 0 Å². The molecule has 2 aliphatic heterocycles. The van der Waals surface area contributed by atoms with Crippen LogP contribution in [0.5, 0.6) is 0 Å². The minimum Gasteiger partial charge on any atom is -0.468 e. The van der Waals surface area contributed by atoms with E-state index in [1.165, 1.54) is 120 Å². The summed E-state index contributed by atoms with van der Waals surface area (Å²) in [7, 11) is 0. The van der Waals surface area contributed by atoms with Crippen LogP contribution in [0.25, 0.3) is 22.1 Å². The zero-order valence-corrected chi connectivity index (χ0v) is 40.6. The lowest BCUT2D eigenvalue weighted by atomic mass is 9.35. The highest BCUT2D eigenvalue weighted by Crippen LogP contribution is 2.54. The molecule has 64 heavy (non-hydrogen) atoms. The van der Waals surface area contributed by atoms with Gasteiger partial charge in [0.15, 0.2) is 0 Å². The number of benzene rings is 6. The van der Waals surface area contributed by atoms with Crippen LogP contribution in [-0.4, -0.2) is 6.71 Å². The molecular formula is C60H65BN2O. The smallest absolute Gasteiger partial charge is 0.297 e. The molecular weight excluding hydrogens is 775 g/mol. The van der Waals surface area contributed by atoms with Gasteiger partial charge in [-0.2, -0.15) is 0 Å². The van der Waals surface area contributed by atoms with E-state index in [-0.39, 0.29) is 33.8 Å². The largest absolute Gasteiger partial charge is 0.468 e. The fraction of sp³-hybridized carbons (Fsp3) is 0.367. The summed E-state index contributed by atoms with van der Waals surface area (Å²) >= 11 is 0. The molecule has 0 saturated heterocycles. The van der Waals surface area contributed by atoms with Crippen molar-refractivity contribution in [1.82, 2.24) is 0 Å². The molecule has 0 amide bonds. The van der Waals surface area contributed by atoms with E-state index in [0.717, 1.165) is 17.7 Å². The van der Waals surface area contributed by atoms with Gasteiger partial charge in [-0.15, -0.1) is 0 Å². The Morgan fingerprint density at radius 1 is 0.531 bits per heavy atom. The van der Waals surface area contributed by atoms with E-state index in [9.17, 15) is 0 Å². The number of hydrogen-bond donors (Lipinski definition) is 0. The van der Waals surface area contributed by atoms with Crippen molar-refractivity contribution in [3.05, 3.63) is 148 Å². The molecule has 4 aliphatic rings. The van der Waals surface area contributed by atoms with E-state index in [1.807, 2.05) is 0 Å². The van der Waals surface area contributed by atoms with Gasteiger partial charge < -0.3 is 14.2 Å².